The van der Waals surface area contributed by atoms with Crippen molar-refractivity contribution >= 4 is 34.7 Å². The number of ether oxygens (including phenoxy) is 2. The van der Waals surface area contributed by atoms with Gasteiger partial charge in [0.25, 0.3) is 0 Å². The molecule has 1 aromatic carbocycles. The fourth-order valence-corrected chi connectivity index (χ4v) is 5.80. The number of aliphatic imine (C=N–C) groups is 1. The predicted octanol–water partition coefficient (Wildman–Crippen LogP) is 2.64. The number of hydrogen-bond acceptors (Lipinski definition) is 9. The summed E-state index contributed by atoms with van der Waals surface area (Å²) in [5.41, 5.74) is 7.79. The van der Waals surface area contributed by atoms with Crippen LogP contribution in [0.25, 0.3) is 0 Å². The Bertz CT molecular complexity index is 1130. The van der Waals surface area contributed by atoms with E-state index in [0.717, 1.165) is 12.8 Å². The van der Waals surface area contributed by atoms with Gasteiger partial charge in [-0.25, -0.2) is 14.2 Å². The summed E-state index contributed by atoms with van der Waals surface area (Å²) < 4.78 is 24.8. The van der Waals surface area contributed by atoms with Crippen molar-refractivity contribution in [2.45, 2.75) is 37.0 Å². The molecule has 34 heavy (non-hydrogen) atoms. The van der Waals surface area contributed by atoms with Crippen molar-refractivity contribution in [1.82, 2.24) is 15.2 Å². The zero-order chi connectivity index (χ0) is 23.8. The second-order valence-corrected chi connectivity index (χ2v) is 9.94. The molecule has 180 valence electrons. The molecule has 8 nitrogen and oxygen atoms in total. The first-order chi connectivity index (χ1) is 16.4. The van der Waals surface area contributed by atoms with Crippen LogP contribution in [0.5, 0.6) is 0 Å². The summed E-state index contributed by atoms with van der Waals surface area (Å²) in [6.45, 7) is 1.63. The lowest BCUT2D eigenvalue weighted by molar-refractivity contribution is -0.136. The summed E-state index contributed by atoms with van der Waals surface area (Å²) in [6.07, 6.45) is 3.33. The molecular weight excluding hydrogens is 481 g/mol. The lowest BCUT2D eigenvalue weighted by Gasteiger charge is -2.48. The molecule has 3 aliphatic rings. The van der Waals surface area contributed by atoms with Crippen molar-refractivity contribution in [2.24, 2.45) is 10.7 Å². The number of piperidine rings is 1. The minimum atomic E-state index is -0.779. The van der Waals surface area contributed by atoms with Gasteiger partial charge in [0.15, 0.2) is 10.8 Å². The van der Waals surface area contributed by atoms with Crippen LogP contribution in [0.1, 0.15) is 29.5 Å². The third-order valence-corrected chi connectivity index (χ3v) is 7.58. The third-order valence-electron chi connectivity index (χ3n) is 6.47. The molecule has 5 rings (SSSR count). The number of fused-ring (bicyclic) bond motifs is 2. The Morgan fingerprint density at radius 3 is 2.79 bits per heavy atom. The molecule has 0 radical (unpaired) electrons. The van der Waals surface area contributed by atoms with Crippen LogP contribution >= 0.6 is 22.9 Å². The average molecular weight is 506 g/mol. The second kappa shape index (κ2) is 9.71. The highest BCUT2D eigenvalue weighted by atomic mass is 35.5. The van der Waals surface area contributed by atoms with Gasteiger partial charge in [-0.15, -0.1) is 11.3 Å². The van der Waals surface area contributed by atoms with Gasteiger partial charge in [-0.3, -0.25) is 9.89 Å². The molecule has 3 unspecified atom stereocenters. The minimum Gasteiger partial charge on any atom is -0.466 e. The lowest BCUT2D eigenvalue weighted by Crippen LogP contribution is -2.60. The molecule has 3 aliphatic heterocycles. The number of benzene rings is 1. The molecule has 1 aromatic heterocycles. The fraction of sp³-hybridized carbons (Fsp3) is 0.435. The second-order valence-electron chi connectivity index (χ2n) is 8.64. The topological polar surface area (TPSA) is 102 Å². The zero-order valence-electron chi connectivity index (χ0n) is 18.5. The zero-order valence-corrected chi connectivity index (χ0v) is 20.1. The van der Waals surface area contributed by atoms with Gasteiger partial charge in [-0.05, 0) is 25.0 Å². The highest BCUT2D eigenvalue weighted by Crippen LogP contribution is 2.38. The standard InChI is InChI=1S/C23H25ClFN5O3S/c1-32-23(31)19-18(9-30-14-7-13(26)8-15(30)11-33-10-14)28-21(22-27-4-5-34-22)29-20(19)16-3-2-12(25)6-17(16)24/h2-6,13-15,20H,7-11,26H2,1H3,(H,28,29)/t13?,14-,15?,20?/m1/s1. The van der Waals surface area contributed by atoms with Crippen LogP contribution in [0.4, 0.5) is 4.39 Å². The Morgan fingerprint density at radius 2 is 2.15 bits per heavy atom. The maximum atomic E-state index is 13.8. The highest BCUT2D eigenvalue weighted by Gasteiger charge is 2.41. The number of esters is 1. The molecular formula is C23H25ClFN5O3S. The maximum absolute atomic E-state index is 13.8. The van der Waals surface area contributed by atoms with Crippen LogP contribution in [0.15, 0.2) is 46.0 Å². The number of thiazole rings is 1. The van der Waals surface area contributed by atoms with E-state index in [9.17, 15) is 9.18 Å². The Hall–Kier alpha value is -2.37. The predicted molar refractivity (Wildman–Crippen MR) is 127 cm³/mol. The van der Waals surface area contributed by atoms with Gasteiger partial charge in [0, 0.05) is 52.5 Å². The van der Waals surface area contributed by atoms with E-state index in [-0.39, 0.29) is 23.1 Å². The molecule has 2 saturated heterocycles. The van der Waals surface area contributed by atoms with E-state index >= 15 is 0 Å². The van der Waals surface area contributed by atoms with Crippen molar-refractivity contribution < 1.29 is 18.7 Å². The van der Waals surface area contributed by atoms with Crippen LogP contribution in [0, 0.1) is 5.82 Å². The van der Waals surface area contributed by atoms with Gasteiger partial charge < -0.3 is 20.5 Å². The smallest absolute Gasteiger partial charge is 0.338 e. The number of amidine groups is 1. The van der Waals surface area contributed by atoms with Crippen molar-refractivity contribution in [1.29, 1.82) is 0 Å². The van der Waals surface area contributed by atoms with Gasteiger partial charge in [0.2, 0.25) is 0 Å². The largest absolute Gasteiger partial charge is 0.466 e. The number of halogens is 2. The number of morpholine rings is 1. The van der Waals surface area contributed by atoms with Gasteiger partial charge in [0.1, 0.15) is 11.9 Å². The Kier molecular flexibility index (Phi) is 6.67. The number of nitrogens with one attached hydrogen (secondary N) is 1. The molecule has 2 aromatic rings. The molecule has 0 aliphatic carbocycles. The summed E-state index contributed by atoms with van der Waals surface area (Å²) in [4.78, 5) is 24.6. The molecule has 11 heteroatoms. The molecule has 2 fully saturated rings. The van der Waals surface area contributed by atoms with Crippen molar-refractivity contribution in [3.05, 3.63) is 62.5 Å². The summed E-state index contributed by atoms with van der Waals surface area (Å²) >= 11 is 7.85. The van der Waals surface area contributed by atoms with Gasteiger partial charge in [-0.1, -0.05) is 17.7 Å². The number of nitrogens with zero attached hydrogens (tertiary/aromatic N) is 3. The summed E-state index contributed by atoms with van der Waals surface area (Å²) in [7, 11) is 1.33. The molecule has 0 saturated carbocycles. The van der Waals surface area contributed by atoms with Gasteiger partial charge >= 0.3 is 5.97 Å². The maximum Gasteiger partial charge on any atom is 0.338 e. The Balaban J connectivity index is 1.60. The molecule has 4 atom stereocenters. The number of nitrogens with two attached hydrogens (primary N) is 1. The lowest BCUT2D eigenvalue weighted by atomic mass is 9.89. The normalized spacial score (nSPS) is 27.2. The van der Waals surface area contributed by atoms with Crippen molar-refractivity contribution in [2.75, 3.05) is 26.9 Å². The number of carbonyl (C=O) groups excluding carboxylic acids is 1. The Labute approximate surface area is 205 Å². The van der Waals surface area contributed by atoms with E-state index in [4.69, 9.17) is 31.8 Å². The van der Waals surface area contributed by atoms with E-state index in [1.165, 1.54) is 30.6 Å². The third kappa shape index (κ3) is 4.48. The van der Waals surface area contributed by atoms with Crippen LogP contribution < -0.4 is 11.1 Å². The van der Waals surface area contributed by atoms with E-state index < -0.39 is 17.8 Å². The average Bonchev–Trinajstić information content (AvgIpc) is 3.34. The first-order valence-corrected chi connectivity index (χ1v) is 12.3. The van der Waals surface area contributed by atoms with Crippen LogP contribution in [0.3, 0.4) is 0 Å². The van der Waals surface area contributed by atoms with Gasteiger partial charge in [-0.2, -0.15) is 0 Å². The quantitative estimate of drug-likeness (QED) is 0.602. The van der Waals surface area contributed by atoms with Gasteiger partial charge in [0.05, 0.1) is 25.9 Å². The molecule has 4 heterocycles. The number of hydrogen-bond donors (Lipinski definition) is 2. The first-order valence-electron chi connectivity index (χ1n) is 11.0. The highest BCUT2D eigenvalue weighted by molar-refractivity contribution is 7.11. The molecule has 0 spiro atoms. The molecule has 3 N–H and O–H groups in total. The van der Waals surface area contributed by atoms with E-state index in [1.807, 2.05) is 5.38 Å². The minimum absolute atomic E-state index is 0.127. The van der Waals surface area contributed by atoms with E-state index in [2.05, 4.69) is 15.2 Å². The van der Waals surface area contributed by atoms with Crippen LogP contribution in [-0.2, 0) is 14.3 Å². The van der Waals surface area contributed by atoms with Crippen LogP contribution in [0.2, 0.25) is 5.02 Å². The summed E-state index contributed by atoms with van der Waals surface area (Å²) in [6, 6.07) is 3.72. The fourth-order valence-electron chi connectivity index (χ4n) is 4.94. The molecule has 0 amide bonds. The van der Waals surface area contributed by atoms with Crippen molar-refractivity contribution in [3.8, 4) is 0 Å². The monoisotopic (exact) mass is 505 g/mol. The number of rotatable bonds is 5. The Morgan fingerprint density at radius 1 is 1.38 bits per heavy atom. The molecule has 2 bridgehead atoms. The van der Waals surface area contributed by atoms with E-state index in [1.54, 1.807) is 12.3 Å². The van der Waals surface area contributed by atoms with Crippen LogP contribution in [-0.4, -0.2) is 66.7 Å². The van der Waals surface area contributed by atoms with Crippen molar-refractivity contribution in [3.63, 3.8) is 0 Å². The number of aromatic nitrogens is 1. The number of methoxy groups -OCH3 is 1. The summed E-state index contributed by atoms with van der Waals surface area (Å²) in [5.74, 6) is -0.462. The summed E-state index contributed by atoms with van der Waals surface area (Å²) in [5, 5.41) is 6.06. The SMILES string of the molecule is COC(=O)C1=C(CN2C3COC[C@H]2CC(N)C3)NC(c2nccs2)=NC1c1ccc(F)cc1Cl. The van der Waals surface area contributed by atoms with E-state index in [0.29, 0.717) is 47.4 Å². The number of carbonyl (C=O) groups is 1. The first kappa shape index (κ1) is 23.4.